The minimum absolute atomic E-state index is 0.117. The molecule has 0 atom stereocenters. The Morgan fingerprint density at radius 3 is 2.41 bits per heavy atom. The molecule has 0 saturated heterocycles. The second-order valence-electron chi connectivity index (χ2n) is 10.2. The van der Waals surface area contributed by atoms with E-state index >= 15 is 0 Å². The maximum absolute atomic E-state index is 13.3. The largest absolute Gasteiger partial charge is 0.334 e. The van der Waals surface area contributed by atoms with Gasteiger partial charge in [-0.05, 0) is 64.4 Å². The van der Waals surface area contributed by atoms with Gasteiger partial charge in [0.15, 0.2) is 0 Å². The number of hydrogen-bond donors (Lipinski definition) is 0. The summed E-state index contributed by atoms with van der Waals surface area (Å²) in [6.45, 7) is 11.2. The van der Waals surface area contributed by atoms with Gasteiger partial charge in [0.25, 0.3) is 17.7 Å². The van der Waals surface area contributed by atoms with E-state index < -0.39 is 5.91 Å². The Kier molecular flexibility index (Phi) is 4.97. The van der Waals surface area contributed by atoms with Gasteiger partial charge in [-0.1, -0.05) is 17.7 Å². The molecule has 0 N–H and O–H groups in total. The predicted octanol–water partition coefficient (Wildman–Crippen LogP) is 4.25. The molecule has 0 radical (unpaired) electrons. The number of carbonyl (C=O) groups is 3. The average Bonchev–Trinajstić information content (AvgIpc) is 3.32. The number of amides is 3. The van der Waals surface area contributed by atoms with Gasteiger partial charge in [-0.15, -0.1) is 0 Å². The number of benzene rings is 2. The lowest BCUT2D eigenvalue weighted by Crippen LogP contribution is -2.37. The van der Waals surface area contributed by atoms with Crippen LogP contribution in [0.25, 0.3) is 0 Å². The Morgan fingerprint density at radius 2 is 1.71 bits per heavy atom. The number of anilines is 1. The summed E-state index contributed by atoms with van der Waals surface area (Å²) in [7, 11) is 0. The molecule has 0 aliphatic carbocycles. The summed E-state index contributed by atoms with van der Waals surface area (Å²) in [5.74, 6) is -0.903. The number of rotatable bonds is 2. The number of carbonyl (C=O) groups excluding carboxylic acids is 3. The molecule has 0 unspecified atom stereocenters. The Morgan fingerprint density at radius 1 is 0.971 bits per heavy atom. The lowest BCUT2D eigenvalue weighted by Gasteiger charge is -2.30. The third-order valence-corrected chi connectivity index (χ3v) is 6.58. The average molecular weight is 457 g/mol. The van der Waals surface area contributed by atoms with Gasteiger partial charge in [-0.3, -0.25) is 19.1 Å². The van der Waals surface area contributed by atoms with Crippen molar-refractivity contribution in [3.8, 4) is 0 Å². The summed E-state index contributed by atoms with van der Waals surface area (Å²) >= 11 is 0. The van der Waals surface area contributed by atoms with Crippen LogP contribution in [0.1, 0.15) is 74.2 Å². The molecule has 3 aromatic rings. The third kappa shape index (κ3) is 3.43. The Labute approximate surface area is 199 Å². The molecule has 7 nitrogen and oxygen atoms in total. The SMILES string of the molecule is Cc1ccc(N2C(=O)c3ccc(C(=O)N4CCc5c(cnn5C(C)(C)C)C4)cc3C2=O)c(C)c1. The number of aromatic nitrogens is 2. The van der Waals surface area contributed by atoms with E-state index in [1.807, 2.05) is 36.9 Å². The smallest absolute Gasteiger partial charge is 0.266 e. The van der Waals surface area contributed by atoms with Crippen molar-refractivity contribution in [1.82, 2.24) is 14.7 Å². The van der Waals surface area contributed by atoms with Crippen LogP contribution in [0.5, 0.6) is 0 Å². The Hall–Kier alpha value is -3.74. The molecule has 5 rings (SSSR count). The molecule has 174 valence electrons. The van der Waals surface area contributed by atoms with E-state index in [0.717, 1.165) is 28.8 Å². The lowest BCUT2D eigenvalue weighted by atomic mass is 10.0. The maximum Gasteiger partial charge on any atom is 0.266 e. The van der Waals surface area contributed by atoms with Gasteiger partial charge in [0.1, 0.15) is 0 Å². The topological polar surface area (TPSA) is 75.5 Å². The molecule has 0 spiro atoms. The van der Waals surface area contributed by atoms with Gasteiger partial charge < -0.3 is 4.90 Å². The first-order chi connectivity index (χ1) is 16.1. The summed E-state index contributed by atoms with van der Waals surface area (Å²) in [6.07, 6.45) is 2.56. The van der Waals surface area contributed by atoms with E-state index in [1.54, 1.807) is 29.2 Å². The van der Waals surface area contributed by atoms with E-state index in [0.29, 0.717) is 29.9 Å². The number of nitrogens with zero attached hydrogens (tertiary/aromatic N) is 4. The van der Waals surface area contributed by atoms with Gasteiger partial charge in [0.2, 0.25) is 0 Å². The molecular formula is C27H28N4O3. The second-order valence-corrected chi connectivity index (χ2v) is 10.2. The van der Waals surface area contributed by atoms with Crippen LogP contribution in [0, 0.1) is 13.8 Å². The van der Waals surface area contributed by atoms with Crippen molar-refractivity contribution in [2.75, 3.05) is 11.4 Å². The molecule has 1 aromatic heterocycles. The minimum Gasteiger partial charge on any atom is -0.334 e. The summed E-state index contributed by atoms with van der Waals surface area (Å²) in [5.41, 5.74) is 5.59. The molecule has 0 saturated carbocycles. The van der Waals surface area contributed by atoms with E-state index in [9.17, 15) is 14.4 Å². The molecule has 2 aromatic carbocycles. The fourth-order valence-corrected chi connectivity index (χ4v) is 4.91. The summed E-state index contributed by atoms with van der Waals surface area (Å²) in [4.78, 5) is 42.6. The molecule has 2 aliphatic rings. The zero-order valence-corrected chi connectivity index (χ0v) is 20.2. The summed E-state index contributed by atoms with van der Waals surface area (Å²) in [6, 6.07) is 10.4. The molecule has 3 amide bonds. The van der Waals surface area contributed by atoms with Crippen molar-refractivity contribution < 1.29 is 14.4 Å². The van der Waals surface area contributed by atoms with Gasteiger partial charge in [-0.25, -0.2) is 4.90 Å². The molecule has 7 heteroatoms. The zero-order chi connectivity index (χ0) is 24.4. The minimum atomic E-state index is -0.394. The van der Waals surface area contributed by atoms with Crippen molar-refractivity contribution in [3.05, 3.63) is 81.7 Å². The zero-order valence-electron chi connectivity index (χ0n) is 20.2. The van der Waals surface area contributed by atoms with Crippen molar-refractivity contribution >= 4 is 23.4 Å². The summed E-state index contributed by atoms with van der Waals surface area (Å²) < 4.78 is 2.03. The highest BCUT2D eigenvalue weighted by molar-refractivity contribution is 6.35. The van der Waals surface area contributed by atoms with Crippen LogP contribution >= 0.6 is 0 Å². The van der Waals surface area contributed by atoms with Gasteiger partial charge in [-0.2, -0.15) is 5.10 Å². The van der Waals surface area contributed by atoms with Crippen LogP contribution in [0.3, 0.4) is 0 Å². The molecule has 0 bridgehead atoms. The lowest BCUT2D eigenvalue weighted by molar-refractivity contribution is 0.0732. The molecule has 0 fully saturated rings. The standard InChI is InChI=1S/C27H28N4O3/c1-16-6-9-22(17(2)12-16)30-25(33)20-8-7-18(13-21(20)26(30)34)24(32)29-11-10-23-19(15-29)14-28-31(23)27(3,4)5/h6-9,12-14H,10-11,15H2,1-5H3. The van der Waals surface area contributed by atoms with Crippen LogP contribution in [-0.2, 0) is 18.5 Å². The molecule has 3 heterocycles. The normalized spacial score (nSPS) is 15.6. The first-order valence-corrected chi connectivity index (χ1v) is 11.5. The number of fused-ring (bicyclic) bond motifs is 2. The quantitative estimate of drug-likeness (QED) is 0.540. The Balaban J connectivity index is 1.41. The van der Waals surface area contributed by atoms with E-state index in [4.69, 9.17) is 0 Å². The first-order valence-electron chi connectivity index (χ1n) is 11.5. The predicted molar refractivity (Wildman–Crippen MR) is 129 cm³/mol. The van der Waals surface area contributed by atoms with Gasteiger partial charge >= 0.3 is 0 Å². The molecule has 34 heavy (non-hydrogen) atoms. The van der Waals surface area contributed by atoms with Crippen molar-refractivity contribution in [2.24, 2.45) is 0 Å². The third-order valence-electron chi connectivity index (χ3n) is 6.58. The van der Waals surface area contributed by atoms with Crippen molar-refractivity contribution in [1.29, 1.82) is 0 Å². The monoisotopic (exact) mass is 456 g/mol. The van der Waals surface area contributed by atoms with E-state index in [2.05, 4.69) is 25.9 Å². The fraction of sp³-hybridized carbons (Fsp3) is 0.333. The number of hydrogen-bond acceptors (Lipinski definition) is 4. The van der Waals surface area contributed by atoms with Crippen molar-refractivity contribution in [3.63, 3.8) is 0 Å². The maximum atomic E-state index is 13.3. The highest BCUT2D eigenvalue weighted by atomic mass is 16.2. The van der Waals surface area contributed by atoms with Crippen LogP contribution in [0.4, 0.5) is 5.69 Å². The second kappa shape index (κ2) is 7.65. The molecule has 2 aliphatic heterocycles. The van der Waals surface area contributed by atoms with Crippen molar-refractivity contribution in [2.45, 2.75) is 53.1 Å². The van der Waals surface area contributed by atoms with Gasteiger partial charge in [0.05, 0.1) is 28.6 Å². The van der Waals surface area contributed by atoms with Crippen LogP contribution in [-0.4, -0.2) is 38.9 Å². The number of aryl methyl sites for hydroxylation is 2. The highest BCUT2D eigenvalue weighted by Crippen LogP contribution is 2.32. The van der Waals surface area contributed by atoms with E-state index in [1.165, 1.54) is 4.90 Å². The van der Waals surface area contributed by atoms with Gasteiger partial charge in [0, 0.05) is 36.3 Å². The Bertz CT molecular complexity index is 1360. The fourth-order valence-electron chi connectivity index (χ4n) is 4.91. The molecular weight excluding hydrogens is 428 g/mol. The van der Waals surface area contributed by atoms with Crippen LogP contribution < -0.4 is 4.90 Å². The van der Waals surface area contributed by atoms with E-state index in [-0.39, 0.29) is 22.9 Å². The van der Waals surface area contributed by atoms with Crippen LogP contribution in [0.15, 0.2) is 42.6 Å². The summed E-state index contributed by atoms with van der Waals surface area (Å²) in [5, 5.41) is 4.54. The highest BCUT2D eigenvalue weighted by Gasteiger charge is 2.38. The first kappa shape index (κ1) is 22.1. The number of imide groups is 1. The van der Waals surface area contributed by atoms with Crippen LogP contribution in [0.2, 0.25) is 0 Å².